The van der Waals surface area contributed by atoms with E-state index < -0.39 is 12.0 Å². The van der Waals surface area contributed by atoms with Gasteiger partial charge in [-0.2, -0.15) is 0 Å². The largest absolute Gasteiger partial charge is 0.497 e. The molecule has 30 heavy (non-hydrogen) atoms. The lowest BCUT2D eigenvalue weighted by molar-refractivity contribution is -0.139. The Labute approximate surface area is 176 Å². The van der Waals surface area contributed by atoms with Crippen molar-refractivity contribution in [2.45, 2.75) is 19.9 Å². The van der Waals surface area contributed by atoms with E-state index in [-0.39, 0.29) is 19.2 Å². The van der Waals surface area contributed by atoms with Crippen LogP contribution in [0, 0.1) is 6.92 Å². The highest BCUT2D eigenvalue weighted by molar-refractivity contribution is 5.95. The minimum absolute atomic E-state index is 0.0433. The van der Waals surface area contributed by atoms with Gasteiger partial charge in [-0.3, -0.25) is 4.90 Å². The van der Waals surface area contributed by atoms with Gasteiger partial charge in [-0.15, -0.1) is 0 Å². The van der Waals surface area contributed by atoms with Gasteiger partial charge in [0.15, 0.2) is 0 Å². The molecule has 1 aliphatic heterocycles. The number of aryl methyl sites for hydroxylation is 1. The second-order valence-corrected chi connectivity index (χ2v) is 6.90. The number of likely N-dealkylation sites (N-methyl/N-ethyl adjacent to an activating group) is 1. The summed E-state index contributed by atoms with van der Waals surface area (Å²) in [6, 6.07) is 13.8. The van der Waals surface area contributed by atoms with E-state index >= 15 is 0 Å². The summed E-state index contributed by atoms with van der Waals surface area (Å²) in [5, 5.41) is 2.88. The van der Waals surface area contributed by atoms with Crippen molar-refractivity contribution in [2.24, 2.45) is 0 Å². The third kappa shape index (κ3) is 4.56. The lowest BCUT2D eigenvalue weighted by atomic mass is 9.94. The maximum atomic E-state index is 12.9. The van der Waals surface area contributed by atoms with Gasteiger partial charge in [0.25, 0.3) is 0 Å². The number of hydrogen-bond donors (Lipinski definition) is 1. The van der Waals surface area contributed by atoms with Crippen LogP contribution in [0.1, 0.15) is 24.1 Å². The zero-order valence-electron chi connectivity index (χ0n) is 17.6. The number of hydrogen-bond acceptors (Lipinski definition) is 5. The van der Waals surface area contributed by atoms with Crippen molar-refractivity contribution in [3.63, 3.8) is 0 Å². The number of methoxy groups -OCH3 is 1. The lowest BCUT2D eigenvalue weighted by Crippen LogP contribution is -2.48. The van der Waals surface area contributed by atoms with E-state index in [9.17, 15) is 9.59 Å². The predicted molar refractivity (Wildman–Crippen MR) is 112 cm³/mol. The highest BCUT2D eigenvalue weighted by atomic mass is 16.5. The zero-order chi connectivity index (χ0) is 21.7. The fourth-order valence-electron chi connectivity index (χ4n) is 3.24. The first kappa shape index (κ1) is 21.2. The molecule has 0 aromatic heterocycles. The van der Waals surface area contributed by atoms with Crippen molar-refractivity contribution < 1.29 is 23.8 Å². The first-order chi connectivity index (χ1) is 14.4. The van der Waals surface area contributed by atoms with Gasteiger partial charge >= 0.3 is 12.0 Å². The van der Waals surface area contributed by atoms with Crippen LogP contribution < -0.4 is 14.8 Å². The molecule has 0 unspecified atom stereocenters. The van der Waals surface area contributed by atoms with Crippen LogP contribution in [0.5, 0.6) is 11.5 Å². The summed E-state index contributed by atoms with van der Waals surface area (Å²) < 4.78 is 16.5. The molecule has 0 saturated heterocycles. The number of nitrogens with zero attached hydrogens (tertiary/aromatic N) is 1. The molecule has 0 spiro atoms. The van der Waals surface area contributed by atoms with E-state index in [1.807, 2.05) is 43.3 Å². The van der Waals surface area contributed by atoms with Gasteiger partial charge in [-0.05, 0) is 43.7 Å². The average molecular weight is 410 g/mol. The third-order valence-electron chi connectivity index (χ3n) is 4.90. The number of nitrogens with one attached hydrogen (secondary N) is 1. The number of amides is 2. The summed E-state index contributed by atoms with van der Waals surface area (Å²) in [6.07, 6.45) is 0. The molecular weight excluding hydrogens is 384 g/mol. The number of rotatable bonds is 7. The van der Waals surface area contributed by atoms with Crippen molar-refractivity contribution in [3.8, 4) is 11.5 Å². The van der Waals surface area contributed by atoms with E-state index in [1.54, 1.807) is 33.2 Å². The number of urea groups is 1. The molecule has 7 heteroatoms. The summed E-state index contributed by atoms with van der Waals surface area (Å²) in [5.74, 6) is 0.773. The Hall–Kier alpha value is -3.48. The molecule has 158 valence electrons. The molecular formula is C23H26N2O5. The second-order valence-electron chi connectivity index (χ2n) is 6.90. The molecule has 1 N–H and O–H groups in total. The van der Waals surface area contributed by atoms with E-state index in [0.717, 1.165) is 5.56 Å². The first-order valence-corrected chi connectivity index (χ1v) is 9.72. The van der Waals surface area contributed by atoms with Gasteiger partial charge in [0.05, 0.1) is 31.0 Å². The van der Waals surface area contributed by atoms with Crippen molar-refractivity contribution in [1.29, 1.82) is 0 Å². The molecule has 2 aromatic rings. The smallest absolute Gasteiger partial charge is 0.338 e. The third-order valence-corrected chi connectivity index (χ3v) is 4.90. The molecule has 3 rings (SSSR count). The highest BCUT2D eigenvalue weighted by Crippen LogP contribution is 2.32. The fourth-order valence-corrected chi connectivity index (χ4v) is 3.24. The molecule has 0 aliphatic carbocycles. The normalized spacial score (nSPS) is 16.2. The maximum absolute atomic E-state index is 12.9. The molecule has 1 atom stereocenters. The SMILES string of the molecule is CCOC(=O)C1=C(COc2ccc(C)cc2)N(C)C(=O)N[C@H]1c1cccc(OC)c1. The summed E-state index contributed by atoms with van der Waals surface area (Å²) in [7, 11) is 3.17. The number of esters is 1. The molecule has 0 radical (unpaired) electrons. The van der Waals surface area contributed by atoms with Crippen molar-refractivity contribution >= 4 is 12.0 Å². The van der Waals surface area contributed by atoms with Crippen molar-refractivity contribution in [2.75, 3.05) is 27.4 Å². The maximum Gasteiger partial charge on any atom is 0.338 e. The van der Waals surface area contributed by atoms with Crippen LogP contribution >= 0.6 is 0 Å². The van der Waals surface area contributed by atoms with Crippen LogP contribution in [0.25, 0.3) is 0 Å². The Bertz CT molecular complexity index is 952. The monoisotopic (exact) mass is 410 g/mol. The minimum atomic E-state index is -0.681. The zero-order valence-corrected chi connectivity index (χ0v) is 17.6. The Morgan fingerprint density at radius 1 is 1.13 bits per heavy atom. The van der Waals surface area contributed by atoms with E-state index in [0.29, 0.717) is 28.3 Å². The molecule has 0 bridgehead atoms. The standard InChI is InChI=1S/C23H26N2O5/c1-5-29-22(26)20-19(14-30-17-11-9-15(2)10-12-17)25(3)23(27)24-21(20)16-7-6-8-18(13-16)28-4/h6-13,21H,5,14H2,1-4H3,(H,24,27)/t21-/m0/s1. The predicted octanol–water partition coefficient (Wildman–Crippen LogP) is 3.60. The van der Waals surface area contributed by atoms with Gasteiger partial charge in [-0.25, -0.2) is 9.59 Å². The number of carbonyl (C=O) groups is 2. The van der Waals surface area contributed by atoms with Crippen molar-refractivity contribution in [1.82, 2.24) is 10.2 Å². The fraction of sp³-hybridized carbons (Fsp3) is 0.304. The summed E-state index contributed by atoms with van der Waals surface area (Å²) in [6.45, 7) is 3.99. The molecule has 2 amide bonds. The van der Waals surface area contributed by atoms with E-state index in [2.05, 4.69) is 5.32 Å². The Morgan fingerprint density at radius 2 is 1.87 bits per heavy atom. The second kappa shape index (κ2) is 9.35. The highest BCUT2D eigenvalue weighted by Gasteiger charge is 2.37. The molecule has 1 heterocycles. The van der Waals surface area contributed by atoms with Crippen LogP contribution in [0.3, 0.4) is 0 Å². The average Bonchev–Trinajstić information content (AvgIpc) is 2.75. The van der Waals surface area contributed by atoms with Gasteiger partial charge in [0.2, 0.25) is 0 Å². The first-order valence-electron chi connectivity index (χ1n) is 9.72. The summed E-state index contributed by atoms with van der Waals surface area (Å²) >= 11 is 0. The van der Waals surface area contributed by atoms with Crippen LogP contribution in [-0.4, -0.2) is 44.3 Å². The number of benzene rings is 2. The van der Waals surface area contributed by atoms with Crippen molar-refractivity contribution in [3.05, 3.63) is 70.9 Å². The molecule has 2 aromatic carbocycles. The molecule has 1 aliphatic rings. The van der Waals surface area contributed by atoms with Crippen LogP contribution in [0.4, 0.5) is 4.79 Å². The van der Waals surface area contributed by atoms with Crippen LogP contribution in [0.15, 0.2) is 59.8 Å². The Balaban J connectivity index is 2.03. The Morgan fingerprint density at radius 3 is 2.53 bits per heavy atom. The van der Waals surface area contributed by atoms with E-state index in [4.69, 9.17) is 14.2 Å². The van der Waals surface area contributed by atoms with Crippen LogP contribution in [-0.2, 0) is 9.53 Å². The lowest BCUT2D eigenvalue weighted by Gasteiger charge is -2.34. The quantitative estimate of drug-likeness (QED) is 0.706. The molecule has 0 saturated carbocycles. The topological polar surface area (TPSA) is 77.1 Å². The molecule has 0 fully saturated rings. The Kier molecular flexibility index (Phi) is 6.61. The van der Waals surface area contributed by atoms with E-state index in [1.165, 1.54) is 4.90 Å². The summed E-state index contributed by atoms with van der Waals surface area (Å²) in [4.78, 5) is 27.0. The van der Waals surface area contributed by atoms with Gasteiger partial charge < -0.3 is 19.5 Å². The van der Waals surface area contributed by atoms with Gasteiger partial charge in [0, 0.05) is 7.05 Å². The molecule has 7 nitrogen and oxygen atoms in total. The minimum Gasteiger partial charge on any atom is -0.497 e. The van der Waals surface area contributed by atoms with Gasteiger partial charge in [0.1, 0.15) is 18.1 Å². The van der Waals surface area contributed by atoms with Gasteiger partial charge in [-0.1, -0.05) is 29.8 Å². The number of carbonyl (C=O) groups excluding carboxylic acids is 2. The number of ether oxygens (including phenoxy) is 3. The van der Waals surface area contributed by atoms with Crippen LogP contribution in [0.2, 0.25) is 0 Å². The summed E-state index contributed by atoms with van der Waals surface area (Å²) in [5.41, 5.74) is 2.61.